The van der Waals surface area contributed by atoms with E-state index < -0.39 is 21.1 Å². The predicted octanol–water partition coefficient (Wildman–Crippen LogP) is 1.16. The third-order valence-electron chi connectivity index (χ3n) is 3.65. The van der Waals surface area contributed by atoms with Crippen LogP contribution in [-0.4, -0.2) is 41.8 Å². The van der Waals surface area contributed by atoms with Crippen LogP contribution in [0, 0.1) is 0 Å². The summed E-state index contributed by atoms with van der Waals surface area (Å²) in [5, 5.41) is 3.54. The fourth-order valence-electron chi connectivity index (χ4n) is 2.57. The topological polar surface area (TPSA) is 90.6 Å². The standard InChI is InChI=1S/C13H15N3O4S/c1-20-13(17)9-5-4-7-16-12(9)14-11(15-16)10-6-2-3-8-21(10,18)19/h4-5,7,10H,2-3,6,8H2,1H3. The monoisotopic (exact) mass is 309 g/mol. The van der Waals surface area contributed by atoms with Gasteiger partial charge in [-0.25, -0.2) is 22.7 Å². The Labute approximate surface area is 121 Å². The van der Waals surface area contributed by atoms with E-state index in [4.69, 9.17) is 4.74 Å². The lowest BCUT2D eigenvalue weighted by Gasteiger charge is -2.19. The van der Waals surface area contributed by atoms with Gasteiger partial charge in [0.2, 0.25) is 0 Å². The minimum Gasteiger partial charge on any atom is -0.465 e. The second kappa shape index (κ2) is 5.10. The molecule has 0 aliphatic carbocycles. The lowest BCUT2D eigenvalue weighted by atomic mass is 10.2. The van der Waals surface area contributed by atoms with E-state index in [9.17, 15) is 13.2 Å². The molecule has 3 heterocycles. The third kappa shape index (κ3) is 2.39. The van der Waals surface area contributed by atoms with Crippen molar-refractivity contribution in [2.75, 3.05) is 12.9 Å². The SMILES string of the molecule is COC(=O)c1cccn2nc(C3CCCCS3(=O)=O)nc12. The Hall–Kier alpha value is -1.96. The van der Waals surface area contributed by atoms with Gasteiger partial charge in [0.15, 0.2) is 21.3 Å². The number of carbonyl (C=O) groups excluding carboxylic acids is 1. The van der Waals surface area contributed by atoms with Gasteiger partial charge < -0.3 is 4.74 Å². The predicted molar refractivity (Wildman–Crippen MR) is 74.7 cm³/mol. The van der Waals surface area contributed by atoms with Crippen LogP contribution in [0.5, 0.6) is 0 Å². The molecule has 0 aromatic carbocycles. The number of nitrogens with zero attached hydrogens (tertiary/aromatic N) is 3. The number of fused-ring (bicyclic) bond motifs is 1. The van der Waals surface area contributed by atoms with E-state index in [2.05, 4.69) is 10.1 Å². The van der Waals surface area contributed by atoms with E-state index in [0.717, 1.165) is 6.42 Å². The number of hydrogen-bond acceptors (Lipinski definition) is 6. The van der Waals surface area contributed by atoms with Gasteiger partial charge in [-0.05, 0) is 25.0 Å². The molecule has 1 fully saturated rings. The van der Waals surface area contributed by atoms with E-state index >= 15 is 0 Å². The molecule has 3 rings (SSSR count). The van der Waals surface area contributed by atoms with Crippen LogP contribution in [-0.2, 0) is 14.6 Å². The fraction of sp³-hybridized carbons (Fsp3) is 0.462. The molecule has 2 aromatic rings. The Morgan fingerprint density at radius 1 is 1.43 bits per heavy atom. The Morgan fingerprint density at radius 2 is 2.24 bits per heavy atom. The second-order valence-electron chi connectivity index (χ2n) is 5.00. The molecule has 0 N–H and O–H groups in total. The quantitative estimate of drug-likeness (QED) is 0.773. The summed E-state index contributed by atoms with van der Waals surface area (Å²) in [5.74, 6) is -0.103. The van der Waals surface area contributed by atoms with Gasteiger partial charge in [0.1, 0.15) is 10.8 Å². The van der Waals surface area contributed by atoms with E-state index in [1.165, 1.54) is 11.6 Å². The summed E-state index contributed by atoms with van der Waals surface area (Å²) in [6.45, 7) is 0. The van der Waals surface area contributed by atoms with Crippen molar-refractivity contribution in [2.24, 2.45) is 0 Å². The second-order valence-corrected chi connectivity index (χ2v) is 7.31. The van der Waals surface area contributed by atoms with Crippen molar-refractivity contribution < 1.29 is 17.9 Å². The van der Waals surface area contributed by atoms with Gasteiger partial charge in [-0.1, -0.05) is 6.42 Å². The lowest BCUT2D eigenvalue weighted by Crippen LogP contribution is -2.22. The maximum Gasteiger partial charge on any atom is 0.341 e. The molecule has 0 spiro atoms. The third-order valence-corrected chi connectivity index (χ3v) is 5.82. The minimum absolute atomic E-state index is 0.164. The average Bonchev–Trinajstić information content (AvgIpc) is 2.89. The highest BCUT2D eigenvalue weighted by Crippen LogP contribution is 2.31. The van der Waals surface area contributed by atoms with Crippen LogP contribution < -0.4 is 0 Å². The summed E-state index contributed by atoms with van der Waals surface area (Å²) in [6.07, 6.45) is 3.67. The lowest BCUT2D eigenvalue weighted by molar-refractivity contribution is 0.0602. The van der Waals surface area contributed by atoms with Crippen molar-refractivity contribution >= 4 is 21.5 Å². The van der Waals surface area contributed by atoms with Crippen LogP contribution in [0.3, 0.4) is 0 Å². The minimum atomic E-state index is -3.22. The molecule has 7 nitrogen and oxygen atoms in total. The van der Waals surface area contributed by atoms with Crippen LogP contribution in [0.4, 0.5) is 0 Å². The van der Waals surface area contributed by atoms with E-state index in [-0.39, 0.29) is 17.1 Å². The summed E-state index contributed by atoms with van der Waals surface area (Å²) >= 11 is 0. The first kappa shape index (κ1) is 14.0. The number of sulfone groups is 1. The van der Waals surface area contributed by atoms with Gasteiger partial charge in [0.05, 0.1) is 12.9 Å². The zero-order valence-electron chi connectivity index (χ0n) is 11.5. The molecule has 0 amide bonds. The number of methoxy groups -OCH3 is 1. The Kier molecular flexibility index (Phi) is 3.40. The average molecular weight is 309 g/mol. The van der Waals surface area contributed by atoms with Crippen molar-refractivity contribution in [3.63, 3.8) is 0 Å². The Bertz CT molecular complexity index is 797. The molecule has 1 unspecified atom stereocenters. The number of hydrogen-bond donors (Lipinski definition) is 0. The number of carbonyl (C=O) groups is 1. The van der Waals surface area contributed by atoms with Crippen LogP contribution in [0.25, 0.3) is 5.65 Å². The van der Waals surface area contributed by atoms with Crippen molar-refractivity contribution in [2.45, 2.75) is 24.5 Å². The number of aromatic nitrogens is 3. The summed E-state index contributed by atoms with van der Waals surface area (Å²) in [6, 6.07) is 3.22. The summed E-state index contributed by atoms with van der Waals surface area (Å²) in [7, 11) is -1.93. The van der Waals surface area contributed by atoms with Gasteiger partial charge in [0, 0.05) is 6.20 Å². The highest BCUT2D eigenvalue weighted by Gasteiger charge is 2.33. The van der Waals surface area contributed by atoms with Crippen LogP contribution in [0.1, 0.15) is 40.7 Å². The van der Waals surface area contributed by atoms with Gasteiger partial charge in [0.25, 0.3) is 0 Å². The molecular formula is C13H15N3O4S. The number of esters is 1. The number of ether oxygens (including phenoxy) is 1. The largest absolute Gasteiger partial charge is 0.465 e. The van der Waals surface area contributed by atoms with Crippen LogP contribution in [0.15, 0.2) is 18.3 Å². The van der Waals surface area contributed by atoms with Crippen molar-refractivity contribution in [1.29, 1.82) is 0 Å². The Balaban J connectivity index is 2.11. The zero-order chi connectivity index (χ0) is 15.0. The molecule has 8 heteroatoms. The number of rotatable bonds is 2. The molecule has 1 atom stereocenters. The van der Waals surface area contributed by atoms with Crippen molar-refractivity contribution in [1.82, 2.24) is 14.6 Å². The van der Waals surface area contributed by atoms with Crippen LogP contribution in [0.2, 0.25) is 0 Å². The van der Waals surface area contributed by atoms with Crippen molar-refractivity contribution in [3.8, 4) is 0 Å². The first-order valence-corrected chi connectivity index (χ1v) is 8.39. The normalized spacial score (nSPS) is 21.3. The molecule has 1 aliphatic rings. The molecule has 1 aliphatic heterocycles. The van der Waals surface area contributed by atoms with Crippen molar-refractivity contribution in [3.05, 3.63) is 29.7 Å². The maximum atomic E-state index is 12.2. The number of pyridine rings is 1. The van der Waals surface area contributed by atoms with Gasteiger partial charge >= 0.3 is 5.97 Å². The van der Waals surface area contributed by atoms with E-state index in [0.29, 0.717) is 18.5 Å². The molecule has 0 bridgehead atoms. The fourth-order valence-corrected chi connectivity index (χ4v) is 4.41. The molecule has 1 saturated heterocycles. The molecule has 2 aromatic heterocycles. The summed E-state index contributed by atoms with van der Waals surface area (Å²) in [4.78, 5) is 16.0. The first-order chi connectivity index (χ1) is 10.0. The highest BCUT2D eigenvalue weighted by atomic mass is 32.2. The first-order valence-electron chi connectivity index (χ1n) is 6.68. The van der Waals surface area contributed by atoms with Crippen LogP contribution >= 0.6 is 0 Å². The highest BCUT2D eigenvalue weighted by molar-refractivity contribution is 7.91. The van der Waals surface area contributed by atoms with E-state index in [1.807, 2.05) is 0 Å². The molecular weight excluding hydrogens is 294 g/mol. The molecule has 21 heavy (non-hydrogen) atoms. The van der Waals surface area contributed by atoms with Gasteiger partial charge in [-0.3, -0.25) is 0 Å². The van der Waals surface area contributed by atoms with Gasteiger partial charge in [-0.15, -0.1) is 5.10 Å². The van der Waals surface area contributed by atoms with E-state index in [1.54, 1.807) is 18.3 Å². The Morgan fingerprint density at radius 3 is 2.95 bits per heavy atom. The summed E-state index contributed by atoms with van der Waals surface area (Å²) in [5.41, 5.74) is 0.590. The molecule has 0 radical (unpaired) electrons. The molecule has 0 saturated carbocycles. The zero-order valence-corrected chi connectivity index (χ0v) is 12.3. The van der Waals surface area contributed by atoms with Gasteiger partial charge in [-0.2, -0.15) is 0 Å². The smallest absolute Gasteiger partial charge is 0.341 e. The molecule has 112 valence electrons. The maximum absolute atomic E-state index is 12.2. The summed E-state index contributed by atoms with van der Waals surface area (Å²) < 4.78 is 30.4.